The maximum absolute atomic E-state index is 11.6. The molecule has 0 aliphatic rings. The van der Waals surface area contributed by atoms with Crippen molar-refractivity contribution < 1.29 is 19.1 Å². The van der Waals surface area contributed by atoms with Gasteiger partial charge in [-0.05, 0) is 11.8 Å². The van der Waals surface area contributed by atoms with Crippen molar-refractivity contribution >= 4 is 11.9 Å². The quantitative estimate of drug-likeness (QED) is 0.554. The van der Waals surface area contributed by atoms with E-state index >= 15 is 0 Å². The lowest BCUT2D eigenvalue weighted by molar-refractivity contribution is -0.173. The Bertz CT molecular complexity index is 396. The Labute approximate surface area is 128 Å². The van der Waals surface area contributed by atoms with Gasteiger partial charge in [-0.3, -0.25) is 0 Å². The Morgan fingerprint density at radius 2 is 1.38 bits per heavy atom. The molecule has 0 aliphatic heterocycles. The Balaban J connectivity index is 5.43. The summed E-state index contributed by atoms with van der Waals surface area (Å²) in [6.45, 7) is 18.7. The zero-order valence-corrected chi connectivity index (χ0v) is 14.1. The summed E-state index contributed by atoms with van der Waals surface area (Å²) in [4.78, 5) is 23.2. The first-order valence-corrected chi connectivity index (χ1v) is 7.07. The van der Waals surface area contributed by atoms with Gasteiger partial charge in [-0.15, -0.1) is 0 Å². The summed E-state index contributed by atoms with van der Waals surface area (Å²) in [7, 11) is 0. The second kappa shape index (κ2) is 7.43. The van der Waals surface area contributed by atoms with E-state index in [0.29, 0.717) is 6.42 Å². The molecule has 0 spiro atoms. The summed E-state index contributed by atoms with van der Waals surface area (Å²) in [5, 5.41) is 0. The molecule has 4 nitrogen and oxygen atoms in total. The largest absolute Gasteiger partial charge is 0.455 e. The van der Waals surface area contributed by atoms with E-state index in [0.717, 1.165) is 12.2 Å². The Morgan fingerprint density at radius 1 is 0.952 bits per heavy atom. The van der Waals surface area contributed by atoms with Gasteiger partial charge in [0.25, 0.3) is 0 Å². The summed E-state index contributed by atoms with van der Waals surface area (Å²) in [5.74, 6) is -1.04. The lowest BCUT2D eigenvalue weighted by atomic mass is 9.79. The van der Waals surface area contributed by atoms with Crippen molar-refractivity contribution in [1.29, 1.82) is 0 Å². The first kappa shape index (κ1) is 19.4. The average molecular weight is 296 g/mol. The molecule has 0 bridgehead atoms. The van der Waals surface area contributed by atoms with Crippen LogP contribution in [0.25, 0.3) is 0 Å². The van der Waals surface area contributed by atoms with Crippen molar-refractivity contribution in [2.24, 2.45) is 10.8 Å². The SMILES string of the molecule is C=CC(=O)OC(CC(C)(C)C)C(OC(=O)C=C)C(C)(C)C. The normalized spacial score (nSPS) is 14.8. The second-order valence-electron chi connectivity index (χ2n) is 7.37. The molecule has 0 rings (SSSR count). The highest BCUT2D eigenvalue weighted by Gasteiger charge is 2.39. The minimum atomic E-state index is -0.564. The molecule has 4 heteroatoms. The van der Waals surface area contributed by atoms with Crippen molar-refractivity contribution in [3.8, 4) is 0 Å². The molecule has 0 fully saturated rings. The summed E-state index contributed by atoms with van der Waals surface area (Å²) in [6, 6.07) is 0. The fraction of sp³-hybridized carbons (Fsp3) is 0.647. The Kier molecular flexibility index (Phi) is 6.88. The minimum Gasteiger partial charge on any atom is -0.455 e. The lowest BCUT2D eigenvalue weighted by Crippen LogP contribution is -2.45. The van der Waals surface area contributed by atoms with Gasteiger partial charge in [0.1, 0.15) is 12.2 Å². The highest BCUT2D eigenvalue weighted by molar-refractivity contribution is 5.82. The fourth-order valence-electron chi connectivity index (χ4n) is 1.99. The van der Waals surface area contributed by atoms with Gasteiger partial charge in [0.15, 0.2) is 0 Å². The summed E-state index contributed by atoms with van der Waals surface area (Å²) in [6.07, 6.45) is 1.69. The van der Waals surface area contributed by atoms with Gasteiger partial charge in [0.05, 0.1) is 0 Å². The standard InChI is InChI=1S/C17H28O4/c1-9-13(18)20-12(11-16(3,4)5)15(17(6,7)8)21-14(19)10-2/h9-10,12,15H,1-2,11H2,3-8H3. The van der Waals surface area contributed by atoms with Gasteiger partial charge in [-0.1, -0.05) is 54.7 Å². The van der Waals surface area contributed by atoms with Gasteiger partial charge in [-0.25, -0.2) is 9.59 Å². The van der Waals surface area contributed by atoms with Crippen molar-refractivity contribution in [2.45, 2.75) is 60.2 Å². The van der Waals surface area contributed by atoms with Crippen LogP contribution in [0.5, 0.6) is 0 Å². The number of hydrogen-bond acceptors (Lipinski definition) is 4. The lowest BCUT2D eigenvalue weighted by Gasteiger charge is -2.38. The molecule has 0 aromatic heterocycles. The van der Waals surface area contributed by atoms with E-state index in [1.165, 1.54) is 0 Å². The zero-order valence-electron chi connectivity index (χ0n) is 14.1. The average Bonchev–Trinajstić information content (AvgIpc) is 2.31. The molecule has 120 valence electrons. The number of carbonyl (C=O) groups is 2. The fourth-order valence-corrected chi connectivity index (χ4v) is 1.99. The summed E-state index contributed by atoms with van der Waals surface area (Å²) >= 11 is 0. The van der Waals surface area contributed by atoms with Crippen LogP contribution in [-0.4, -0.2) is 24.1 Å². The molecule has 0 amide bonds. The third-order valence-electron chi connectivity index (χ3n) is 2.85. The molecule has 0 radical (unpaired) electrons. The Morgan fingerprint density at radius 3 is 1.71 bits per heavy atom. The van der Waals surface area contributed by atoms with Gasteiger partial charge in [-0.2, -0.15) is 0 Å². The number of esters is 2. The topological polar surface area (TPSA) is 52.6 Å². The van der Waals surface area contributed by atoms with Crippen LogP contribution in [0, 0.1) is 10.8 Å². The van der Waals surface area contributed by atoms with Gasteiger partial charge < -0.3 is 9.47 Å². The molecule has 2 unspecified atom stereocenters. The number of carbonyl (C=O) groups excluding carboxylic acids is 2. The van der Waals surface area contributed by atoms with E-state index in [4.69, 9.17) is 9.47 Å². The van der Waals surface area contributed by atoms with E-state index in [9.17, 15) is 9.59 Å². The van der Waals surface area contributed by atoms with Crippen LogP contribution in [0.4, 0.5) is 0 Å². The first-order chi connectivity index (χ1) is 9.40. The van der Waals surface area contributed by atoms with Crippen LogP contribution >= 0.6 is 0 Å². The predicted molar refractivity (Wildman–Crippen MR) is 83.7 cm³/mol. The van der Waals surface area contributed by atoms with E-state index in [2.05, 4.69) is 13.2 Å². The van der Waals surface area contributed by atoms with Crippen LogP contribution in [0.15, 0.2) is 25.3 Å². The number of rotatable bonds is 6. The monoisotopic (exact) mass is 296 g/mol. The van der Waals surface area contributed by atoms with Crippen molar-refractivity contribution in [3.63, 3.8) is 0 Å². The van der Waals surface area contributed by atoms with E-state index in [-0.39, 0.29) is 10.8 Å². The van der Waals surface area contributed by atoms with Crippen LogP contribution < -0.4 is 0 Å². The van der Waals surface area contributed by atoms with Crippen LogP contribution in [0.2, 0.25) is 0 Å². The molecule has 0 heterocycles. The molecule has 0 aliphatic carbocycles. The molecule has 0 aromatic rings. The predicted octanol–water partition coefficient (Wildman–Crippen LogP) is 3.66. The maximum Gasteiger partial charge on any atom is 0.330 e. The van der Waals surface area contributed by atoms with E-state index in [1.54, 1.807) is 0 Å². The molecular weight excluding hydrogens is 268 g/mol. The smallest absolute Gasteiger partial charge is 0.330 e. The minimum absolute atomic E-state index is 0.0871. The highest BCUT2D eigenvalue weighted by Crippen LogP contribution is 2.33. The first-order valence-electron chi connectivity index (χ1n) is 7.07. The molecule has 0 saturated carbocycles. The van der Waals surface area contributed by atoms with Gasteiger partial charge >= 0.3 is 11.9 Å². The van der Waals surface area contributed by atoms with Gasteiger partial charge in [0.2, 0.25) is 0 Å². The van der Waals surface area contributed by atoms with Crippen molar-refractivity contribution in [3.05, 3.63) is 25.3 Å². The Hall–Kier alpha value is -1.58. The number of hydrogen-bond donors (Lipinski definition) is 0. The summed E-state index contributed by atoms with van der Waals surface area (Å²) < 4.78 is 10.9. The summed E-state index contributed by atoms with van der Waals surface area (Å²) in [5.41, 5.74) is -0.466. The van der Waals surface area contributed by atoms with E-state index in [1.807, 2.05) is 41.5 Å². The molecule has 21 heavy (non-hydrogen) atoms. The third kappa shape index (κ3) is 7.69. The molecule has 0 saturated heterocycles. The van der Waals surface area contributed by atoms with Crippen molar-refractivity contribution in [2.75, 3.05) is 0 Å². The maximum atomic E-state index is 11.6. The molecular formula is C17H28O4. The number of ether oxygens (including phenoxy) is 2. The third-order valence-corrected chi connectivity index (χ3v) is 2.85. The van der Waals surface area contributed by atoms with Crippen LogP contribution in [0.3, 0.4) is 0 Å². The highest BCUT2D eigenvalue weighted by atomic mass is 16.6. The van der Waals surface area contributed by atoms with Crippen LogP contribution in [-0.2, 0) is 19.1 Å². The van der Waals surface area contributed by atoms with Crippen LogP contribution in [0.1, 0.15) is 48.0 Å². The molecule has 0 aromatic carbocycles. The zero-order chi connectivity index (χ0) is 16.8. The van der Waals surface area contributed by atoms with Gasteiger partial charge in [0, 0.05) is 17.6 Å². The van der Waals surface area contributed by atoms with Crippen molar-refractivity contribution in [1.82, 2.24) is 0 Å². The molecule has 0 N–H and O–H groups in total. The molecule has 2 atom stereocenters. The van der Waals surface area contributed by atoms with E-state index < -0.39 is 24.1 Å². The second-order valence-corrected chi connectivity index (χ2v) is 7.37.